The lowest BCUT2D eigenvalue weighted by Gasteiger charge is -2.02. The van der Waals surface area contributed by atoms with Crippen molar-refractivity contribution < 1.29 is 20.1 Å². The molecule has 0 bridgehead atoms. The molecule has 0 aromatic carbocycles. The summed E-state index contributed by atoms with van der Waals surface area (Å²) in [5.74, 6) is -0.125. The molecule has 4 nitrogen and oxygen atoms in total. The normalized spacial score (nSPS) is 11.8. The molecule has 0 aliphatic carbocycles. The maximum Gasteiger partial charge on any atom is 0.160 e. The standard InChI is InChI=1S/C10H18O4/c11-6-3-1-2-4-10(14)9(8-13)5-7-12/h5,11-13H,1-4,6-8H2. The smallest absolute Gasteiger partial charge is 0.160 e. The van der Waals surface area contributed by atoms with E-state index in [0.717, 1.165) is 6.42 Å². The fourth-order valence-electron chi connectivity index (χ4n) is 1.11. The van der Waals surface area contributed by atoms with Crippen molar-refractivity contribution in [3.8, 4) is 0 Å². The van der Waals surface area contributed by atoms with Crippen molar-refractivity contribution in [2.24, 2.45) is 0 Å². The second kappa shape index (κ2) is 8.87. The molecule has 14 heavy (non-hydrogen) atoms. The number of hydrogen-bond acceptors (Lipinski definition) is 4. The zero-order chi connectivity index (χ0) is 10.8. The van der Waals surface area contributed by atoms with Crippen LogP contribution in [-0.2, 0) is 4.79 Å². The molecule has 0 amide bonds. The SMILES string of the molecule is O=C(CCCCCO)C(=CCO)CO. The van der Waals surface area contributed by atoms with Crippen molar-refractivity contribution in [2.75, 3.05) is 19.8 Å². The quantitative estimate of drug-likeness (QED) is 0.383. The molecule has 3 N–H and O–H groups in total. The zero-order valence-electron chi connectivity index (χ0n) is 8.28. The van der Waals surface area contributed by atoms with E-state index in [2.05, 4.69) is 0 Å². The molecule has 0 aromatic heterocycles. The van der Waals surface area contributed by atoms with Crippen LogP contribution in [-0.4, -0.2) is 40.9 Å². The predicted molar refractivity (Wildman–Crippen MR) is 52.8 cm³/mol. The third-order valence-electron chi connectivity index (χ3n) is 1.93. The fraction of sp³-hybridized carbons (Fsp3) is 0.700. The largest absolute Gasteiger partial charge is 0.396 e. The molecule has 0 saturated carbocycles. The Balaban J connectivity index is 3.76. The number of unbranched alkanes of at least 4 members (excludes halogenated alkanes) is 2. The van der Waals surface area contributed by atoms with Gasteiger partial charge in [0.05, 0.1) is 13.2 Å². The van der Waals surface area contributed by atoms with Gasteiger partial charge in [-0.15, -0.1) is 0 Å². The number of hydrogen-bond donors (Lipinski definition) is 3. The minimum absolute atomic E-state index is 0.125. The first-order valence-electron chi connectivity index (χ1n) is 4.81. The van der Waals surface area contributed by atoms with E-state index < -0.39 is 0 Å². The highest BCUT2D eigenvalue weighted by Gasteiger charge is 2.06. The van der Waals surface area contributed by atoms with Crippen molar-refractivity contribution in [2.45, 2.75) is 25.7 Å². The lowest BCUT2D eigenvalue weighted by atomic mass is 10.1. The van der Waals surface area contributed by atoms with Crippen molar-refractivity contribution in [3.05, 3.63) is 11.6 Å². The molecule has 0 unspecified atom stereocenters. The molecule has 4 heteroatoms. The van der Waals surface area contributed by atoms with Crippen LogP contribution in [0.1, 0.15) is 25.7 Å². The summed E-state index contributed by atoms with van der Waals surface area (Å²) < 4.78 is 0. The van der Waals surface area contributed by atoms with Crippen LogP contribution >= 0.6 is 0 Å². The molecule has 0 heterocycles. The predicted octanol–water partition coefficient (Wildman–Crippen LogP) is 0.0192. The number of carbonyl (C=O) groups excluding carboxylic acids is 1. The number of Topliss-reactive ketones (excluding diaryl/α,β-unsaturated/α-hetero) is 1. The second-order valence-electron chi connectivity index (χ2n) is 3.03. The van der Waals surface area contributed by atoms with Crippen LogP contribution in [0.4, 0.5) is 0 Å². The van der Waals surface area contributed by atoms with Gasteiger partial charge < -0.3 is 15.3 Å². The van der Waals surface area contributed by atoms with Crippen LogP contribution in [0.3, 0.4) is 0 Å². The molecule has 0 saturated heterocycles. The molecule has 0 rings (SSSR count). The number of ketones is 1. The summed E-state index contributed by atoms with van der Waals surface area (Å²) in [5.41, 5.74) is 0.275. The summed E-state index contributed by atoms with van der Waals surface area (Å²) in [6.07, 6.45) is 3.91. The monoisotopic (exact) mass is 202 g/mol. The Kier molecular flexibility index (Phi) is 8.42. The lowest BCUT2D eigenvalue weighted by Crippen LogP contribution is -2.07. The Morgan fingerprint density at radius 2 is 1.79 bits per heavy atom. The van der Waals surface area contributed by atoms with E-state index >= 15 is 0 Å². The van der Waals surface area contributed by atoms with Gasteiger partial charge in [-0.2, -0.15) is 0 Å². The van der Waals surface area contributed by atoms with Gasteiger partial charge in [0.25, 0.3) is 0 Å². The Morgan fingerprint density at radius 1 is 1.07 bits per heavy atom. The van der Waals surface area contributed by atoms with Gasteiger partial charge in [0.2, 0.25) is 0 Å². The summed E-state index contributed by atoms with van der Waals surface area (Å²) in [7, 11) is 0. The van der Waals surface area contributed by atoms with E-state index in [1.165, 1.54) is 6.08 Å². The van der Waals surface area contributed by atoms with E-state index in [-0.39, 0.29) is 31.2 Å². The topological polar surface area (TPSA) is 77.8 Å². The van der Waals surface area contributed by atoms with Crippen LogP contribution in [0.5, 0.6) is 0 Å². The van der Waals surface area contributed by atoms with E-state index in [9.17, 15) is 4.79 Å². The molecular weight excluding hydrogens is 184 g/mol. The third kappa shape index (κ3) is 5.85. The summed E-state index contributed by atoms with van der Waals surface area (Å²) >= 11 is 0. The zero-order valence-corrected chi connectivity index (χ0v) is 8.28. The highest BCUT2D eigenvalue weighted by molar-refractivity contribution is 5.95. The van der Waals surface area contributed by atoms with Crippen molar-refractivity contribution >= 4 is 5.78 Å². The van der Waals surface area contributed by atoms with Crippen molar-refractivity contribution in [3.63, 3.8) is 0 Å². The van der Waals surface area contributed by atoms with E-state index in [4.69, 9.17) is 15.3 Å². The average Bonchev–Trinajstić information content (AvgIpc) is 2.20. The van der Waals surface area contributed by atoms with Gasteiger partial charge in [-0.05, 0) is 12.8 Å². The fourth-order valence-corrected chi connectivity index (χ4v) is 1.11. The molecule has 0 aromatic rings. The summed E-state index contributed by atoms with van der Waals surface area (Å²) in [6.45, 7) is -0.398. The Labute approximate surface area is 83.9 Å². The van der Waals surface area contributed by atoms with Crippen molar-refractivity contribution in [1.29, 1.82) is 0 Å². The summed E-state index contributed by atoms with van der Waals surface area (Å²) in [4.78, 5) is 11.3. The first-order chi connectivity index (χ1) is 6.76. The van der Waals surface area contributed by atoms with E-state index in [1.807, 2.05) is 0 Å². The van der Waals surface area contributed by atoms with E-state index in [0.29, 0.717) is 19.3 Å². The summed E-state index contributed by atoms with van der Waals surface area (Å²) in [5, 5.41) is 25.8. The minimum atomic E-state index is -0.320. The van der Waals surface area contributed by atoms with Crippen LogP contribution in [0.25, 0.3) is 0 Å². The molecule has 0 radical (unpaired) electrons. The van der Waals surface area contributed by atoms with Gasteiger partial charge >= 0.3 is 0 Å². The van der Waals surface area contributed by atoms with Crippen LogP contribution in [0.15, 0.2) is 11.6 Å². The van der Waals surface area contributed by atoms with Crippen molar-refractivity contribution in [1.82, 2.24) is 0 Å². The van der Waals surface area contributed by atoms with Gasteiger partial charge in [-0.1, -0.05) is 12.5 Å². The maximum absolute atomic E-state index is 11.3. The second-order valence-corrected chi connectivity index (χ2v) is 3.03. The van der Waals surface area contributed by atoms with Crippen LogP contribution in [0.2, 0.25) is 0 Å². The maximum atomic E-state index is 11.3. The van der Waals surface area contributed by atoms with Crippen LogP contribution in [0, 0.1) is 0 Å². The minimum Gasteiger partial charge on any atom is -0.396 e. The number of carbonyl (C=O) groups is 1. The molecule has 0 aliphatic heterocycles. The highest BCUT2D eigenvalue weighted by Crippen LogP contribution is 2.05. The lowest BCUT2D eigenvalue weighted by molar-refractivity contribution is -0.116. The van der Waals surface area contributed by atoms with Gasteiger partial charge in [-0.25, -0.2) is 0 Å². The van der Waals surface area contributed by atoms with Gasteiger partial charge in [0.1, 0.15) is 0 Å². The highest BCUT2D eigenvalue weighted by atomic mass is 16.3. The first-order valence-corrected chi connectivity index (χ1v) is 4.81. The Morgan fingerprint density at radius 3 is 2.29 bits per heavy atom. The molecular formula is C10H18O4. The number of aliphatic hydroxyl groups is 3. The third-order valence-corrected chi connectivity index (χ3v) is 1.93. The Bertz CT molecular complexity index is 187. The molecule has 0 aliphatic rings. The number of rotatable bonds is 8. The Hall–Kier alpha value is -0.710. The molecule has 0 fully saturated rings. The summed E-state index contributed by atoms with van der Waals surface area (Å²) in [6, 6.07) is 0. The van der Waals surface area contributed by atoms with Gasteiger partial charge in [0, 0.05) is 18.6 Å². The molecule has 82 valence electrons. The first kappa shape index (κ1) is 13.3. The van der Waals surface area contributed by atoms with E-state index in [1.54, 1.807) is 0 Å². The molecule has 0 atom stereocenters. The van der Waals surface area contributed by atoms with Gasteiger partial charge in [-0.3, -0.25) is 4.79 Å². The van der Waals surface area contributed by atoms with Crippen LogP contribution < -0.4 is 0 Å². The van der Waals surface area contributed by atoms with Gasteiger partial charge in [0.15, 0.2) is 5.78 Å². The average molecular weight is 202 g/mol. The number of aliphatic hydroxyl groups excluding tert-OH is 3. The molecule has 0 spiro atoms.